The van der Waals surface area contributed by atoms with Crippen LogP contribution in [0.1, 0.15) is 52.0 Å². The molecule has 164 valence electrons. The Bertz CT molecular complexity index is 1060. The normalized spacial score (nSPS) is 12.7. The molecule has 1 aliphatic rings. The van der Waals surface area contributed by atoms with Gasteiger partial charge >= 0.3 is 0 Å². The summed E-state index contributed by atoms with van der Waals surface area (Å²) < 4.78 is 5.62. The van der Waals surface area contributed by atoms with E-state index >= 15 is 0 Å². The van der Waals surface area contributed by atoms with E-state index in [1.54, 1.807) is 30.5 Å². The van der Waals surface area contributed by atoms with Crippen LogP contribution in [0.15, 0.2) is 60.1 Å². The molecule has 0 unspecified atom stereocenters. The Kier molecular flexibility index (Phi) is 6.91. The highest BCUT2D eigenvalue weighted by molar-refractivity contribution is 7.11. The summed E-state index contributed by atoms with van der Waals surface area (Å²) in [6.07, 6.45) is 4.25. The summed E-state index contributed by atoms with van der Waals surface area (Å²) in [6, 6.07) is 14.4. The molecule has 3 amide bonds. The Morgan fingerprint density at radius 3 is 2.34 bits per heavy atom. The minimum atomic E-state index is -0.230. The van der Waals surface area contributed by atoms with E-state index in [1.807, 2.05) is 29.6 Å². The molecule has 0 spiro atoms. The van der Waals surface area contributed by atoms with E-state index in [1.165, 1.54) is 16.2 Å². The molecule has 4 rings (SSSR count). The molecule has 2 aromatic carbocycles. The summed E-state index contributed by atoms with van der Waals surface area (Å²) in [7, 11) is 0. The molecule has 0 atom stereocenters. The first kappa shape index (κ1) is 21.7. The third kappa shape index (κ3) is 5.20. The second-order valence-electron chi connectivity index (χ2n) is 7.44. The van der Waals surface area contributed by atoms with Crippen molar-refractivity contribution in [1.82, 2.24) is 15.2 Å². The van der Waals surface area contributed by atoms with E-state index < -0.39 is 0 Å². The molecule has 1 aliphatic heterocycles. The summed E-state index contributed by atoms with van der Waals surface area (Å²) in [5.41, 5.74) is 1.93. The zero-order chi connectivity index (χ0) is 22.3. The molecule has 1 N–H and O–H groups in total. The fourth-order valence-corrected chi connectivity index (χ4v) is 4.00. The van der Waals surface area contributed by atoms with Crippen LogP contribution in [0, 0.1) is 0 Å². The van der Waals surface area contributed by atoms with E-state index in [2.05, 4.69) is 10.3 Å². The SMILES string of the molecule is O=C(CCCCCN1C(=O)c2ccccc2C1=O)NCc1ccc(Oc2nccs2)cc1. The molecular formula is C24H23N3O4S. The van der Waals surface area contributed by atoms with Crippen LogP contribution in [-0.2, 0) is 11.3 Å². The van der Waals surface area contributed by atoms with Crippen LogP contribution >= 0.6 is 11.3 Å². The van der Waals surface area contributed by atoms with E-state index in [-0.39, 0.29) is 17.7 Å². The molecule has 0 saturated carbocycles. The van der Waals surface area contributed by atoms with E-state index in [9.17, 15) is 14.4 Å². The van der Waals surface area contributed by atoms with Crippen LogP contribution in [0.4, 0.5) is 0 Å². The molecule has 2 heterocycles. The van der Waals surface area contributed by atoms with Gasteiger partial charge in [-0.25, -0.2) is 4.98 Å². The van der Waals surface area contributed by atoms with Crippen LogP contribution in [0.25, 0.3) is 0 Å². The van der Waals surface area contributed by atoms with Gasteiger partial charge in [-0.15, -0.1) is 0 Å². The quantitative estimate of drug-likeness (QED) is 0.366. The number of carbonyl (C=O) groups excluding carboxylic acids is 3. The first-order valence-electron chi connectivity index (χ1n) is 10.5. The lowest BCUT2D eigenvalue weighted by Crippen LogP contribution is -2.30. The molecule has 0 saturated heterocycles. The minimum absolute atomic E-state index is 0.0196. The number of aromatic nitrogens is 1. The largest absolute Gasteiger partial charge is 0.431 e. The monoisotopic (exact) mass is 449 g/mol. The van der Waals surface area contributed by atoms with Crippen molar-refractivity contribution in [3.63, 3.8) is 0 Å². The highest BCUT2D eigenvalue weighted by Crippen LogP contribution is 2.24. The van der Waals surface area contributed by atoms with Crippen LogP contribution in [0.5, 0.6) is 10.9 Å². The molecule has 0 radical (unpaired) electrons. The van der Waals surface area contributed by atoms with Gasteiger partial charge in [-0.2, -0.15) is 0 Å². The van der Waals surface area contributed by atoms with Crippen molar-refractivity contribution in [3.05, 3.63) is 76.8 Å². The van der Waals surface area contributed by atoms with E-state index in [4.69, 9.17) is 4.74 Å². The predicted molar refractivity (Wildman–Crippen MR) is 121 cm³/mol. The standard InChI is InChI=1S/C24H23N3O4S/c28-21(26-16-17-9-11-18(12-10-17)31-24-25-13-15-32-24)8-2-1-5-14-27-22(29)19-6-3-4-7-20(19)23(27)30/h3-4,6-7,9-13,15H,1-2,5,8,14,16H2,(H,26,28). The first-order chi connectivity index (χ1) is 15.6. The van der Waals surface area contributed by atoms with Gasteiger partial charge in [0.15, 0.2) is 0 Å². The molecule has 8 heteroatoms. The minimum Gasteiger partial charge on any atom is -0.431 e. The summed E-state index contributed by atoms with van der Waals surface area (Å²) in [5, 5.41) is 5.36. The van der Waals surface area contributed by atoms with Gasteiger partial charge in [0, 0.05) is 31.1 Å². The second-order valence-corrected chi connectivity index (χ2v) is 8.30. The lowest BCUT2D eigenvalue weighted by molar-refractivity contribution is -0.121. The fraction of sp³-hybridized carbons (Fsp3) is 0.250. The number of hydrogen-bond acceptors (Lipinski definition) is 6. The number of rotatable bonds is 10. The van der Waals surface area contributed by atoms with Gasteiger partial charge in [0.2, 0.25) is 5.91 Å². The lowest BCUT2D eigenvalue weighted by atomic mass is 10.1. The zero-order valence-electron chi connectivity index (χ0n) is 17.5. The van der Waals surface area contributed by atoms with Gasteiger partial charge in [-0.1, -0.05) is 42.0 Å². The molecule has 0 bridgehead atoms. The van der Waals surface area contributed by atoms with Gasteiger partial charge in [-0.3, -0.25) is 19.3 Å². The van der Waals surface area contributed by atoms with Crippen molar-refractivity contribution < 1.29 is 19.1 Å². The maximum Gasteiger partial charge on any atom is 0.278 e. The van der Waals surface area contributed by atoms with Gasteiger partial charge in [0.05, 0.1) is 11.1 Å². The van der Waals surface area contributed by atoms with Crippen LogP contribution in [0.2, 0.25) is 0 Å². The topological polar surface area (TPSA) is 88.6 Å². The number of nitrogens with one attached hydrogen (secondary N) is 1. The average Bonchev–Trinajstić information content (AvgIpc) is 3.41. The third-order valence-corrected chi connectivity index (χ3v) is 5.84. The van der Waals surface area contributed by atoms with Gasteiger partial charge in [-0.05, 0) is 42.7 Å². The maximum absolute atomic E-state index is 12.3. The molecular weight excluding hydrogens is 426 g/mol. The van der Waals surface area contributed by atoms with Crippen molar-refractivity contribution in [1.29, 1.82) is 0 Å². The molecule has 1 aromatic heterocycles. The number of hydrogen-bond donors (Lipinski definition) is 1. The number of carbonyl (C=O) groups is 3. The lowest BCUT2D eigenvalue weighted by Gasteiger charge is -2.13. The van der Waals surface area contributed by atoms with Gasteiger partial charge in [0.25, 0.3) is 17.0 Å². The molecule has 0 fully saturated rings. The summed E-state index contributed by atoms with van der Waals surface area (Å²) in [6.45, 7) is 0.828. The maximum atomic E-state index is 12.3. The van der Waals surface area contributed by atoms with Gasteiger partial charge < -0.3 is 10.1 Å². The van der Waals surface area contributed by atoms with Crippen LogP contribution in [0.3, 0.4) is 0 Å². The Balaban J connectivity index is 1.12. The number of unbranched alkanes of at least 4 members (excludes halogenated alkanes) is 2. The van der Waals surface area contributed by atoms with Crippen molar-refractivity contribution in [2.45, 2.75) is 32.2 Å². The molecule has 0 aliphatic carbocycles. The number of imide groups is 1. The highest BCUT2D eigenvalue weighted by Gasteiger charge is 2.34. The average molecular weight is 450 g/mol. The number of benzene rings is 2. The van der Waals surface area contributed by atoms with Crippen LogP contribution < -0.4 is 10.1 Å². The smallest absolute Gasteiger partial charge is 0.278 e. The Morgan fingerprint density at radius 2 is 1.69 bits per heavy atom. The molecule has 32 heavy (non-hydrogen) atoms. The number of nitrogens with zero attached hydrogens (tertiary/aromatic N) is 2. The Labute approximate surface area is 190 Å². The predicted octanol–water partition coefficient (Wildman–Crippen LogP) is 4.41. The summed E-state index contributed by atoms with van der Waals surface area (Å²) >= 11 is 1.43. The van der Waals surface area contributed by atoms with Crippen molar-refractivity contribution in [3.8, 4) is 10.9 Å². The molecule has 3 aromatic rings. The van der Waals surface area contributed by atoms with Crippen molar-refractivity contribution in [2.75, 3.05) is 6.54 Å². The number of fused-ring (bicyclic) bond motifs is 1. The second kappa shape index (κ2) is 10.2. The highest BCUT2D eigenvalue weighted by atomic mass is 32.1. The van der Waals surface area contributed by atoms with Crippen molar-refractivity contribution in [2.24, 2.45) is 0 Å². The van der Waals surface area contributed by atoms with Crippen molar-refractivity contribution >= 4 is 29.1 Å². The third-order valence-electron chi connectivity index (χ3n) is 5.19. The summed E-state index contributed by atoms with van der Waals surface area (Å²) in [4.78, 5) is 42.1. The first-order valence-corrected chi connectivity index (χ1v) is 11.4. The zero-order valence-corrected chi connectivity index (χ0v) is 18.3. The van der Waals surface area contributed by atoms with E-state index in [0.717, 1.165) is 12.0 Å². The summed E-state index contributed by atoms with van der Waals surface area (Å²) in [5.74, 6) is 0.222. The molecule has 7 nitrogen and oxygen atoms in total. The Hall–Kier alpha value is -3.52. The number of amides is 3. The fourth-order valence-electron chi connectivity index (χ4n) is 3.50. The number of thiazole rings is 1. The number of ether oxygens (including phenoxy) is 1. The van der Waals surface area contributed by atoms with Crippen LogP contribution in [-0.4, -0.2) is 34.2 Å². The Morgan fingerprint density at radius 1 is 0.969 bits per heavy atom. The van der Waals surface area contributed by atoms with E-state index in [0.29, 0.717) is 54.4 Å². The van der Waals surface area contributed by atoms with Gasteiger partial charge in [0.1, 0.15) is 5.75 Å².